The average molecular weight is 367 g/mol. The van der Waals surface area contributed by atoms with E-state index in [1.165, 1.54) is 0 Å². The van der Waals surface area contributed by atoms with E-state index in [9.17, 15) is 9.59 Å². The molecule has 2 heterocycles. The lowest BCUT2D eigenvalue weighted by Gasteiger charge is -2.14. The van der Waals surface area contributed by atoms with Crippen molar-refractivity contribution < 1.29 is 9.59 Å². The highest BCUT2D eigenvalue weighted by Gasteiger charge is 2.36. The summed E-state index contributed by atoms with van der Waals surface area (Å²) in [5, 5.41) is 0.363. The minimum Gasteiger partial charge on any atom is -0.384 e. The molecule has 0 fully saturated rings. The summed E-state index contributed by atoms with van der Waals surface area (Å²) in [5.41, 5.74) is 6.75. The van der Waals surface area contributed by atoms with Gasteiger partial charge in [-0.05, 0) is 30.3 Å². The maximum Gasteiger partial charge on any atom is 0.261 e. The van der Waals surface area contributed by atoms with Crippen LogP contribution in [0.2, 0.25) is 5.02 Å². The van der Waals surface area contributed by atoms with Crippen LogP contribution in [0.4, 0.5) is 5.82 Å². The summed E-state index contributed by atoms with van der Waals surface area (Å²) in [4.78, 5) is 29.8. The second-order valence-electron chi connectivity index (χ2n) is 4.55. The number of benzene rings is 1. The quantitative estimate of drug-likeness (QED) is 0.829. The molecular weight excluding hydrogens is 358 g/mol. The molecule has 1 aromatic carbocycles. The standard InChI is InChI=1S/C14H9BrClN3O2/c15-7-1-2-8-9(5-7)14(21)19(13(8)20)6-11-10(16)3-4-12(17)18-11/h1-5H,6H2,(H2,17,18). The van der Waals surface area contributed by atoms with Crippen molar-refractivity contribution in [3.05, 3.63) is 56.6 Å². The largest absolute Gasteiger partial charge is 0.384 e. The van der Waals surface area contributed by atoms with Gasteiger partial charge in [-0.25, -0.2) is 4.98 Å². The van der Waals surface area contributed by atoms with Gasteiger partial charge in [0.1, 0.15) is 5.82 Å². The van der Waals surface area contributed by atoms with Crippen molar-refractivity contribution in [2.24, 2.45) is 0 Å². The Labute approximate surface area is 133 Å². The van der Waals surface area contributed by atoms with Crippen LogP contribution in [0.15, 0.2) is 34.8 Å². The lowest BCUT2D eigenvalue weighted by molar-refractivity contribution is 0.0640. The summed E-state index contributed by atoms with van der Waals surface area (Å²) < 4.78 is 0.740. The molecule has 0 bridgehead atoms. The van der Waals surface area contributed by atoms with Gasteiger partial charge in [0.15, 0.2) is 0 Å². The summed E-state index contributed by atoms with van der Waals surface area (Å²) in [6, 6.07) is 8.12. The fourth-order valence-corrected chi connectivity index (χ4v) is 2.69. The average Bonchev–Trinajstić information content (AvgIpc) is 2.67. The molecule has 3 rings (SSSR count). The van der Waals surface area contributed by atoms with Crippen molar-refractivity contribution in [2.75, 3.05) is 5.73 Å². The Kier molecular flexibility index (Phi) is 3.43. The van der Waals surface area contributed by atoms with Crippen LogP contribution in [0.1, 0.15) is 26.4 Å². The highest BCUT2D eigenvalue weighted by molar-refractivity contribution is 9.10. The number of fused-ring (bicyclic) bond motifs is 1. The molecule has 0 radical (unpaired) electrons. The van der Waals surface area contributed by atoms with Crippen molar-refractivity contribution in [3.63, 3.8) is 0 Å². The molecule has 0 saturated heterocycles. The number of rotatable bonds is 2. The van der Waals surface area contributed by atoms with E-state index in [2.05, 4.69) is 20.9 Å². The van der Waals surface area contributed by atoms with Gasteiger partial charge in [0.05, 0.1) is 28.4 Å². The maximum atomic E-state index is 12.3. The number of carbonyl (C=O) groups excluding carboxylic acids is 2. The minimum absolute atomic E-state index is 0.00611. The van der Waals surface area contributed by atoms with Crippen LogP contribution in [-0.4, -0.2) is 21.7 Å². The van der Waals surface area contributed by atoms with Gasteiger partial charge in [0.2, 0.25) is 0 Å². The van der Waals surface area contributed by atoms with E-state index in [0.717, 1.165) is 9.37 Å². The molecule has 5 nitrogen and oxygen atoms in total. The topological polar surface area (TPSA) is 76.3 Å². The number of hydrogen-bond donors (Lipinski definition) is 1. The van der Waals surface area contributed by atoms with Gasteiger partial charge < -0.3 is 5.73 Å². The van der Waals surface area contributed by atoms with E-state index in [1.54, 1.807) is 30.3 Å². The highest BCUT2D eigenvalue weighted by atomic mass is 79.9. The Hall–Kier alpha value is -1.92. The Morgan fingerprint density at radius 1 is 1.14 bits per heavy atom. The molecule has 0 atom stereocenters. The van der Waals surface area contributed by atoms with Gasteiger partial charge in [0, 0.05) is 4.47 Å². The van der Waals surface area contributed by atoms with Crippen LogP contribution in [0, 0.1) is 0 Å². The number of carbonyl (C=O) groups is 2. The van der Waals surface area contributed by atoms with Gasteiger partial charge in [-0.15, -0.1) is 0 Å². The monoisotopic (exact) mass is 365 g/mol. The summed E-state index contributed by atoms with van der Waals surface area (Å²) in [7, 11) is 0. The summed E-state index contributed by atoms with van der Waals surface area (Å²) in [6.07, 6.45) is 0. The van der Waals surface area contributed by atoms with E-state index in [4.69, 9.17) is 17.3 Å². The summed E-state index contributed by atoms with van der Waals surface area (Å²) >= 11 is 9.32. The lowest BCUT2D eigenvalue weighted by Crippen LogP contribution is -2.29. The van der Waals surface area contributed by atoms with Crippen LogP contribution >= 0.6 is 27.5 Å². The number of imide groups is 1. The third kappa shape index (κ3) is 2.41. The molecule has 2 N–H and O–H groups in total. The first kappa shape index (κ1) is 14.0. The van der Waals surface area contributed by atoms with Crippen LogP contribution in [0.3, 0.4) is 0 Å². The molecule has 0 spiro atoms. The Morgan fingerprint density at radius 2 is 1.86 bits per heavy atom. The second-order valence-corrected chi connectivity index (χ2v) is 5.87. The molecule has 2 amide bonds. The van der Waals surface area contributed by atoms with Crippen LogP contribution < -0.4 is 5.73 Å². The molecule has 1 aromatic heterocycles. The number of nitrogens with zero attached hydrogens (tertiary/aromatic N) is 2. The first-order chi connectivity index (χ1) is 9.97. The van der Waals surface area contributed by atoms with Gasteiger partial charge in [-0.1, -0.05) is 27.5 Å². The molecule has 0 aliphatic carbocycles. The Balaban J connectivity index is 1.97. The number of nitrogens with two attached hydrogens (primary N) is 1. The highest BCUT2D eigenvalue weighted by Crippen LogP contribution is 2.28. The molecule has 1 aliphatic rings. The molecule has 21 heavy (non-hydrogen) atoms. The molecule has 0 unspecified atom stereocenters. The van der Waals surface area contributed by atoms with Gasteiger partial charge in [-0.2, -0.15) is 0 Å². The fourth-order valence-electron chi connectivity index (χ4n) is 2.17. The van der Waals surface area contributed by atoms with Crippen molar-refractivity contribution in [2.45, 2.75) is 6.54 Å². The second kappa shape index (κ2) is 5.13. The van der Waals surface area contributed by atoms with E-state index in [-0.39, 0.29) is 24.2 Å². The van der Waals surface area contributed by atoms with Crippen LogP contribution in [0.5, 0.6) is 0 Å². The first-order valence-corrected chi connectivity index (χ1v) is 7.21. The van der Waals surface area contributed by atoms with E-state index >= 15 is 0 Å². The van der Waals surface area contributed by atoms with Gasteiger partial charge in [-0.3, -0.25) is 14.5 Å². The third-order valence-corrected chi connectivity index (χ3v) is 4.02. The summed E-state index contributed by atoms with van der Waals surface area (Å²) in [5.74, 6) is -0.437. The van der Waals surface area contributed by atoms with Crippen molar-refractivity contribution in [1.29, 1.82) is 0 Å². The molecule has 0 saturated carbocycles. The number of nitrogen functional groups attached to an aromatic ring is 1. The van der Waals surface area contributed by atoms with Gasteiger partial charge in [0.25, 0.3) is 11.8 Å². The number of amides is 2. The van der Waals surface area contributed by atoms with E-state index < -0.39 is 0 Å². The zero-order valence-corrected chi connectivity index (χ0v) is 13.0. The SMILES string of the molecule is Nc1ccc(Cl)c(CN2C(=O)c3ccc(Br)cc3C2=O)n1. The Morgan fingerprint density at radius 3 is 2.62 bits per heavy atom. The molecule has 106 valence electrons. The van der Waals surface area contributed by atoms with Crippen molar-refractivity contribution in [3.8, 4) is 0 Å². The number of halogens is 2. The number of anilines is 1. The summed E-state index contributed by atoms with van der Waals surface area (Å²) in [6.45, 7) is -0.00611. The van der Waals surface area contributed by atoms with Gasteiger partial charge >= 0.3 is 0 Å². The van der Waals surface area contributed by atoms with E-state index in [1.807, 2.05) is 0 Å². The maximum absolute atomic E-state index is 12.3. The van der Waals surface area contributed by atoms with Crippen molar-refractivity contribution >= 4 is 45.2 Å². The molecule has 2 aromatic rings. The van der Waals surface area contributed by atoms with Crippen LogP contribution in [-0.2, 0) is 6.54 Å². The number of hydrogen-bond acceptors (Lipinski definition) is 4. The number of aromatic nitrogens is 1. The smallest absolute Gasteiger partial charge is 0.261 e. The Bertz CT molecular complexity index is 779. The normalized spacial score (nSPS) is 13.7. The third-order valence-electron chi connectivity index (χ3n) is 3.18. The zero-order valence-electron chi connectivity index (χ0n) is 10.6. The molecule has 7 heteroatoms. The minimum atomic E-state index is -0.364. The predicted molar refractivity (Wildman–Crippen MR) is 82.0 cm³/mol. The van der Waals surface area contributed by atoms with Crippen LogP contribution in [0.25, 0.3) is 0 Å². The van der Waals surface area contributed by atoms with E-state index in [0.29, 0.717) is 21.8 Å². The predicted octanol–water partition coefficient (Wildman–Crippen LogP) is 2.88. The first-order valence-electron chi connectivity index (χ1n) is 6.04. The zero-order chi connectivity index (χ0) is 15.1. The lowest BCUT2D eigenvalue weighted by atomic mass is 10.1. The molecule has 1 aliphatic heterocycles. The number of pyridine rings is 1. The fraction of sp³-hybridized carbons (Fsp3) is 0.0714. The van der Waals surface area contributed by atoms with Crippen molar-refractivity contribution in [1.82, 2.24) is 9.88 Å². The molecular formula is C14H9BrClN3O2.